The number of nitrogens with zero attached hydrogens (tertiary/aromatic N) is 1. The molecule has 20 heavy (non-hydrogen) atoms. The molecule has 1 unspecified atom stereocenters. The van der Waals surface area contributed by atoms with E-state index in [4.69, 9.17) is 0 Å². The second-order valence-corrected chi connectivity index (χ2v) is 6.81. The molecule has 0 radical (unpaired) electrons. The van der Waals surface area contributed by atoms with Crippen molar-refractivity contribution in [3.05, 3.63) is 48.4 Å². The van der Waals surface area contributed by atoms with E-state index in [1.165, 1.54) is 12.5 Å². The normalized spacial score (nSPS) is 13.6. The average Bonchev–Trinajstić information content (AvgIpc) is 2.93. The molecule has 0 amide bonds. The lowest BCUT2D eigenvalue weighted by molar-refractivity contribution is 0.471. The van der Waals surface area contributed by atoms with Gasteiger partial charge in [0.15, 0.2) is 5.03 Å². The second-order valence-electron chi connectivity index (χ2n) is 5.13. The maximum Gasteiger partial charge on any atom is 0.258 e. The van der Waals surface area contributed by atoms with Crippen LogP contribution in [0.5, 0.6) is 0 Å². The first-order valence-corrected chi connectivity index (χ1v) is 8.03. The summed E-state index contributed by atoms with van der Waals surface area (Å²) in [6.45, 7) is 4.14. The predicted octanol–water partition coefficient (Wildman–Crippen LogP) is 2.48. The average molecular weight is 293 g/mol. The molecule has 0 aliphatic carbocycles. The van der Waals surface area contributed by atoms with Gasteiger partial charge in [-0.2, -0.15) is 0 Å². The monoisotopic (exact) mass is 293 g/mol. The third kappa shape index (κ3) is 3.68. The predicted molar refractivity (Wildman–Crippen MR) is 77.5 cm³/mol. The SMILES string of the molecule is CC(C)CC(NS(=O)(=O)c1cnc[nH]1)c1ccccc1. The highest BCUT2D eigenvalue weighted by Crippen LogP contribution is 2.23. The Balaban J connectivity index is 2.25. The van der Waals surface area contributed by atoms with Crippen LogP contribution in [0, 0.1) is 5.92 Å². The third-order valence-electron chi connectivity index (χ3n) is 2.97. The van der Waals surface area contributed by atoms with Gasteiger partial charge >= 0.3 is 0 Å². The van der Waals surface area contributed by atoms with Crippen LogP contribution < -0.4 is 4.72 Å². The third-order valence-corrected chi connectivity index (χ3v) is 4.37. The number of H-pyrrole nitrogens is 1. The minimum absolute atomic E-state index is 0.0854. The maximum absolute atomic E-state index is 12.3. The van der Waals surface area contributed by atoms with Gasteiger partial charge in [0.25, 0.3) is 10.0 Å². The van der Waals surface area contributed by atoms with Gasteiger partial charge in [-0.3, -0.25) is 0 Å². The van der Waals surface area contributed by atoms with E-state index in [0.717, 1.165) is 12.0 Å². The van der Waals surface area contributed by atoms with Crippen molar-refractivity contribution in [3.63, 3.8) is 0 Å². The molecule has 6 heteroatoms. The lowest BCUT2D eigenvalue weighted by Gasteiger charge is -2.20. The van der Waals surface area contributed by atoms with Gasteiger partial charge < -0.3 is 4.98 Å². The highest BCUT2D eigenvalue weighted by molar-refractivity contribution is 7.89. The fraction of sp³-hybridized carbons (Fsp3) is 0.357. The Kier molecular flexibility index (Phi) is 4.57. The van der Waals surface area contributed by atoms with Crippen LogP contribution in [0.4, 0.5) is 0 Å². The van der Waals surface area contributed by atoms with Crippen LogP contribution in [0.3, 0.4) is 0 Å². The number of hydrogen-bond acceptors (Lipinski definition) is 3. The Morgan fingerprint density at radius 3 is 2.50 bits per heavy atom. The summed E-state index contributed by atoms with van der Waals surface area (Å²) in [5, 5.41) is 0.0854. The summed E-state index contributed by atoms with van der Waals surface area (Å²) in [5.74, 6) is 0.379. The van der Waals surface area contributed by atoms with Crippen molar-refractivity contribution in [1.82, 2.24) is 14.7 Å². The number of benzene rings is 1. The van der Waals surface area contributed by atoms with Gasteiger partial charge in [0.2, 0.25) is 0 Å². The molecule has 1 atom stereocenters. The molecule has 5 nitrogen and oxygen atoms in total. The molecule has 0 aliphatic heterocycles. The molecule has 2 N–H and O–H groups in total. The Bertz CT molecular complexity index is 622. The Morgan fingerprint density at radius 1 is 1.25 bits per heavy atom. The first-order chi connectivity index (χ1) is 9.49. The number of nitrogens with one attached hydrogen (secondary N) is 2. The number of sulfonamides is 1. The fourth-order valence-corrected chi connectivity index (χ4v) is 3.19. The van der Waals surface area contributed by atoms with E-state index in [2.05, 4.69) is 28.5 Å². The molecule has 1 aromatic carbocycles. The van der Waals surface area contributed by atoms with Crippen molar-refractivity contribution in [2.45, 2.75) is 31.3 Å². The molecule has 2 rings (SSSR count). The summed E-state index contributed by atoms with van der Waals surface area (Å²) in [4.78, 5) is 6.38. The first-order valence-electron chi connectivity index (χ1n) is 6.54. The number of aromatic nitrogens is 2. The van der Waals surface area contributed by atoms with Crippen LogP contribution >= 0.6 is 0 Å². The van der Waals surface area contributed by atoms with Crippen LogP contribution in [0.15, 0.2) is 47.9 Å². The van der Waals surface area contributed by atoms with E-state index in [1.54, 1.807) is 0 Å². The molecule has 0 aliphatic rings. The largest absolute Gasteiger partial charge is 0.335 e. The zero-order valence-corrected chi connectivity index (χ0v) is 12.4. The van der Waals surface area contributed by atoms with Gasteiger partial charge in [-0.05, 0) is 17.9 Å². The molecule has 0 saturated carbocycles. The minimum atomic E-state index is -3.58. The summed E-state index contributed by atoms with van der Waals surface area (Å²) in [5.41, 5.74) is 0.962. The summed E-state index contributed by atoms with van der Waals surface area (Å²) >= 11 is 0. The number of aromatic amines is 1. The van der Waals surface area contributed by atoms with E-state index < -0.39 is 10.0 Å². The Morgan fingerprint density at radius 2 is 1.95 bits per heavy atom. The van der Waals surface area contributed by atoms with Crippen molar-refractivity contribution >= 4 is 10.0 Å². The zero-order chi connectivity index (χ0) is 14.6. The summed E-state index contributed by atoms with van der Waals surface area (Å²) in [6, 6.07) is 9.36. The van der Waals surface area contributed by atoms with Gasteiger partial charge in [-0.1, -0.05) is 44.2 Å². The summed E-state index contributed by atoms with van der Waals surface area (Å²) in [7, 11) is -3.58. The quantitative estimate of drug-likeness (QED) is 0.859. The number of rotatable bonds is 6. The van der Waals surface area contributed by atoms with E-state index in [9.17, 15) is 8.42 Å². The van der Waals surface area contributed by atoms with E-state index >= 15 is 0 Å². The maximum atomic E-state index is 12.3. The van der Waals surface area contributed by atoms with E-state index in [0.29, 0.717) is 5.92 Å². The van der Waals surface area contributed by atoms with Gasteiger partial charge in [-0.25, -0.2) is 18.1 Å². The van der Waals surface area contributed by atoms with Crippen LogP contribution in [0.2, 0.25) is 0 Å². The molecule has 0 bridgehead atoms. The van der Waals surface area contributed by atoms with Crippen molar-refractivity contribution in [2.24, 2.45) is 5.92 Å². The molecule has 108 valence electrons. The minimum Gasteiger partial charge on any atom is -0.335 e. The van der Waals surface area contributed by atoms with E-state index in [1.807, 2.05) is 30.3 Å². The van der Waals surface area contributed by atoms with Crippen LogP contribution in [0.25, 0.3) is 0 Å². The topological polar surface area (TPSA) is 74.8 Å². The van der Waals surface area contributed by atoms with Crippen LogP contribution in [0.1, 0.15) is 31.9 Å². The molecule has 1 heterocycles. The van der Waals surface area contributed by atoms with Gasteiger partial charge in [0.1, 0.15) is 0 Å². The number of hydrogen-bond donors (Lipinski definition) is 2. The summed E-state index contributed by atoms with van der Waals surface area (Å²) in [6.07, 6.45) is 3.39. The number of imidazole rings is 1. The van der Waals surface area contributed by atoms with Gasteiger partial charge in [0, 0.05) is 6.04 Å². The van der Waals surface area contributed by atoms with Crippen molar-refractivity contribution in [1.29, 1.82) is 0 Å². The highest BCUT2D eigenvalue weighted by Gasteiger charge is 2.23. The second kappa shape index (κ2) is 6.19. The van der Waals surface area contributed by atoms with Crippen molar-refractivity contribution in [2.75, 3.05) is 0 Å². The highest BCUT2D eigenvalue weighted by atomic mass is 32.2. The first kappa shape index (κ1) is 14.7. The molecule has 1 aromatic heterocycles. The van der Waals surface area contributed by atoms with Crippen LogP contribution in [-0.2, 0) is 10.0 Å². The molecular weight excluding hydrogens is 274 g/mol. The molecular formula is C14H19N3O2S. The van der Waals surface area contributed by atoms with Crippen LogP contribution in [-0.4, -0.2) is 18.4 Å². The van der Waals surface area contributed by atoms with Crippen molar-refractivity contribution < 1.29 is 8.42 Å². The zero-order valence-electron chi connectivity index (χ0n) is 11.6. The molecule has 0 spiro atoms. The Hall–Kier alpha value is -1.66. The lowest BCUT2D eigenvalue weighted by Crippen LogP contribution is -2.29. The lowest BCUT2D eigenvalue weighted by atomic mass is 9.98. The smallest absolute Gasteiger partial charge is 0.258 e. The molecule has 0 saturated heterocycles. The standard InChI is InChI=1S/C14H19N3O2S/c1-11(2)8-13(12-6-4-3-5-7-12)17-20(18,19)14-9-15-10-16-14/h3-7,9-11,13,17H,8H2,1-2H3,(H,15,16). The molecule has 0 fully saturated rings. The van der Waals surface area contributed by atoms with E-state index in [-0.39, 0.29) is 11.1 Å². The molecule has 2 aromatic rings. The van der Waals surface area contributed by atoms with Crippen molar-refractivity contribution in [3.8, 4) is 0 Å². The fourth-order valence-electron chi connectivity index (χ4n) is 2.05. The summed E-state index contributed by atoms with van der Waals surface area (Å²) < 4.78 is 27.3. The van der Waals surface area contributed by atoms with Gasteiger partial charge in [0.05, 0.1) is 12.5 Å². The Labute approximate surface area is 119 Å². The van der Waals surface area contributed by atoms with Gasteiger partial charge in [-0.15, -0.1) is 0 Å².